The van der Waals surface area contributed by atoms with Crippen LogP contribution in [0.1, 0.15) is 58.0 Å². The lowest BCUT2D eigenvalue weighted by molar-refractivity contribution is 0.0594. The summed E-state index contributed by atoms with van der Waals surface area (Å²) in [6.45, 7) is 3.89. The molecule has 2 aromatic carbocycles. The summed E-state index contributed by atoms with van der Waals surface area (Å²) >= 11 is 0. The average molecular weight is 481 g/mol. The van der Waals surface area contributed by atoms with Crippen LogP contribution in [0.2, 0.25) is 0 Å². The van der Waals surface area contributed by atoms with Crippen LogP contribution in [0, 0.1) is 0 Å². The van der Waals surface area contributed by atoms with Gasteiger partial charge >= 0.3 is 11.6 Å². The van der Waals surface area contributed by atoms with E-state index in [4.69, 9.17) is 23.4 Å². The first kappa shape index (κ1) is 25.6. The van der Waals surface area contributed by atoms with Crippen LogP contribution >= 0.6 is 0 Å². The standard InChI is InChI=1S/C27H28O8/c1-7-15(2)23-18-12-16(9-11-20(18)35-27(30)24(23)26(29)34-6)8-10-19(28)17-13-21(31-3)25(33-5)22(14-17)32-4/h8-15H,7H2,1-6H3/b10-8+. The number of hydrogen-bond donors (Lipinski definition) is 0. The zero-order valence-corrected chi connectivity index (χ0v) is 20.6. The van der Waals surface area contributed by atoms with Crippen LogP contribution in [-0.2, 0) is 4.74 Å². The largest absolute Gasteiger partial charge is 0.493 e. The number of carbonyl (C=O) groups is 2. The Kier molecular flexibility index (Phi) is 7.96. The summed E-state index contributed by atoms with van der Waals surface area (Å²) in [6, 6.07) is 8.31. The van der Waals surface area contributed by atoms with E-state index in [1.165, 1.54) is 34.5 Å². The van der Waals surface area contributed by atoms with E-state index in [9.17, 15) is 14.4 Å². The van der Waals surface area contributed by atoms with E-state index in [1.807, 2.05) is 13.8 Å². The highest BCUT2D eigenvalue weighted by atomic mass is 16.5. The normalized spacial score (nSPS) is 11.9. The predicted molar refractivity (Wildman–Crippen MR) is 132 cm³/mol. The maximum Gasteiger partial charge on any atom is 0.351 e. The van der Waals surface area contributed by atoms with E-state index in [0.717, 1.165) is 0 Å². The van der Waals surface area contributed by atoms with Crippen LogP contribution in [0.15, 0.2) is 45.6 Å². The minimum atomic E-state index is -0.741. The molecule has 0 spiro atoms. The van der Waals surface area contributed by atoms with Crippen LogP contribution < -0.4 is 19.8 Å². The van der Waals surface area contributed by atoms with Crippen molar-refractivity contribution in [2.45, 2.75) is 26.2 Å². The molecule has 1 atom stereocenters. The van der Waals surface area contributed by atoms with Gasteiger partial charge in [0.1, 0.15) is 11.1 Å². The van der Waals surface area contributed by atoms with Gasteiger partial charge in [-0.25, -0.2) is 9.59 Å². The monoisotopic (exact) mass is 480 g/mol. The number of rotatable bonds is 9. The zero-order valence-electron chi connectivity index (χ0n) is 20.6. The molecule has 35 heavy (non-hydrogen) atoms. The van der Waals surface area contributed by atoms with Gasteiger partial charge in [-0.3, -0.25) is 4.79 Å². The highest BCUT2D eigenvalue weighted by Gasteiger charge is 2.25. The molecule has 0 aliphatic rings. The smallest absolute Gasteiger partial charge is 0.351 e. The molecule has 0 aliphatic carbocycles. The minimum absolute atomic E-state index is 0.101. The van der Waals surface area contributed by atoms with Gasteiger partial charge in [0, 0.05) is 10.9 Å². The number of esters is 1. The summed E-state index contributed by atoms with van der Waals surface area (Å²) in [7, 11) is 5.67. The first-order valence-electron chi connectivity index (χ1n) is 11.0. The molecule has 0 bridgehead atoms. The van der Waals surface area contributed by atoms with Gasteiger partial charge in [-0.2, -0.15) is 0 Å². The molecule has 3 aromatic rings. The van der Waals surface area contributed by atoms with E-state index in [-0.39, 0.29) is 17.3 Å². The second-order valence-electron chi connectivity index (χ2n) is 7.85. The van der Waals surface area contributed by atoms with Crippen LogP contribution in [-0.4, -0.2) is 40.2 Å². The van der Waals surface area contributed by atoms with Gasteiger partial charge in [0.15, 0.2) is 17.3 Å². The van der Waals surface area contributed by atoms with Gasteiger partial charge in [0.2, 0.25) is 5.75 Å². The summed E-state index contributed by atoms with van der Waals surface area (Å²) in [6.07, 6.45) is 3.77. The Morgan fingerprint density at radius 3 is 2.20 bits per heavy atom. The third-order valence-electron chi connectivity index (χ3n) is 5.84. The molecule has 0 aliphatic heterocycles. The Labute approximate surface area is 203 Å². The Morgan fingerprint density at radius 1 is 1.00 bits per heavy atom. The fourth-order valence-corrected chi connectivity index (χ4v) is 3.85. The second kappa shape index (κ2) is 10.9. The number of carbonyl (C=O) groups excluding carboxylic acids is 2. The zero-order chi connectivity index (χ0) is 25.7. The number of fused-ring (bicyclic) bond motifs is 1. The minimum Gasteiger partial charge on any atom is -0.493 e. The Hall–Kier alpha value is -4.07. The van der Waals surface area contributed by atoms with E-state index in [2.05, 4.69) is 0 Å². The lowest BCUT2D eigenvalue weighted by Crippen LogP contribution is -2.20. The Balaban J connectivity index is 2.07. The van der Waals surface area contributed by atoms with Crippen molar-refractivity contribution >= 4 is 28.8 Å². The summed E-state index contributed by atoms with van der Waals surface area (Å²) in [5.41, 5.74) is 1.12. The third-order valence-corrected chi connectivity index (χ3v) is 5.84. The summed E-state index contributed by atoms with van der Waals surface area (Å²) in [5, 5.41) is 0.613. The van der Waals surface area contributed by atoms with Gasteiger partial charge < -0.3 is 23.4 Å². The third kappa shape index (κ3) is 5.06. The van der Waals surface area contributed by atoms with Crippen LogP contribution in [0.25, 0.3) is 17.0 Å². The number of methoxy groups -OCH3 is 4. The van der Waals surface area contributed by atoms with Crippen molar-refractivity contribution in [2.24, 2.45) is 0 Å². The molecule has 1 aromatic heterocycles. The van der Waals surface area contributed by atoms with Crippen molar-refractivity contribution in [1.29, 1.82) is 0 Å². The molecule has 1 unspecified atom stereocenters. The Morgan fingerprint density at radius 2 is 1.66 bits per heavy atom. The van der Waals surface area contributed by atoms with Gasteiger partial charge in [-0.1, -0.05) is 26.0 Å². The van der Waals surface area contributed by atoms with Gasteiger partial charge in [0.05, 0.1) is 28.4 Å². The molecule has 0 saturated carbocycles. The molecule has 0 N–H and O–H groups in total. The summed E-state index contributed by atoms with van der Waals surface area (Å²) < 4.78 is 26.2. The van der Waals surface area contributed by atoms with E-state index >= 15 is 0 Å². The van der Waals surface area contributed by atoms with Gasteiger partial charge in [0.25, 0.3) is 0 Å². The molecule has 1 heterocycles. The number of allylic oxidation sites excluding steroid dienone is 1. The van der Waals surface area contributed by atoms with Crippen molar-refractivity contribution < 1.29 is 33.0 Å². The first-order valence-corrected chi connectivity index (χ1v) is 11.0. The molecular formula is C27H28O8. The molecule has 184 valence electrons. The van der Waals surface area contributed by atoms with Crippen molar-refractivity contribution in [3.63, 3.8) is 0 Å². The molecule has 8 nitrogen and oxygen atoms in total. The topological polar surface area (TPSA) is 101 Å². The molecule has 0 saturated heterocycles. The average Bonchev–Trinajstić information content (AvgIpc) is 2.88. The number of benzene rings is 2. The van der Waals surface area contributed by atoms with Crippen molar-refractivity contribution in [2.75, 3.05) is 28.4 Å². The first-order chi connectivity index (χ1) is 16.8. The highest BCUT2D eigenvalue weighted by molar-refractivity contribution is 6.07. The quantitative estimate of drug-likeness (QED) is 0.182. The fraction of sp³-hybridized carbons (Fsp3) is 0.296. The van der Waals surface area contributed by atoms with Crippen molar-refractivity contribution in [1.82, 2.24) is 0 Å². The number of ketones is 1. The summed E-state index contributed by atoms with van der Waals surface area (Å²) in [4.78, 5) is 37.8. The molecule has 0 radical (unpaired) electrons. The maximum atomic E-state index is 12.9. The molecule has 8 heteroatoms. The van der Waals surface area contributed by atoms with Crippen LogP contribution in [0.4, 0.5) is 0 Å². The lowest BCUT2D eigenvalue weighted by Gasteiger charge is -2.15. The number of hydrogen-bond acceptors (Lipinski definition) is 8. The van der Waals surface area contributed by atoms with Crippen LogP contribution in [0.3, 0.4) is 0 Å². The van der Waals surface area contributed by atoms with E-state index in [0.29, 0.717) is 51.3 Å². The molecule has 0 fully saturated rings. The second-order valence-corrected chi connectivity index (χ2v) is 7.85. The van der Waals surface area contributed by atoms with Crippen LogP contribution in [0.5, 0.6) is 17.2 Å². The van der Waals surface area contributed by atoms with Gasteiger partial charge in [-0.05, 0) is 53.8 Å². The fourth-order valence-electron chi connectivity index (χ4n) is 3.85. The number of ether oxygens (including phenoxy) is 4. The Bertz CT molecular complexity index is 1320. The summed E-state index contributed by atoms with van der Waals surface area (Å²) in [5.74, 6) is 0.0212. The molecule has 3 rings (SSSR count). The van der Waals surface area contributed by atoms with E-state index < -0.39 is 11.6 Å². The SMILES string of the molecule is CCC(C)c1c(C(=O)OC)c(=O)oc2ccc(/C=C/C(=O)c3cc(OC)c(OC)c(OC)c3)cc12. The van der Waals surface area contributed by atoms with Gasteiger partial charge in [-0.15, -0.1) is 0 Å². The lowest BCUT2D eigenvalue weighted by atomic mass is 9.90. The van der Waals surface area contributed by atoms with Crippen molar-refractivity contribution in [3.05, 3.63) is 69.1 Å². The highest BCUT2D eigenvalue weighted by Crippen LogP contribution is 2.38. The molecular weight excluding hydrogens is 452 g/mol. The van der Waals surface area contributed by atoms with E-state index in [1.54, 1.807) is 36.4 Å². The molecule has 0 amide bonds. The maximum absolute atomic E-state index is 12.9. The van der Waals surface area contributed by atoms with Crippen molar-refractivity contribution in [3.8, 4) is 17.2 Å². The predicted octanol–water partition coefficient (Wildman–Crippen LogP) is 5.02.